The third-order valence-corrected chi connectivity index (χ3v) is 2.61. The van der Waals surface area contributed by atoms with Gasteiger partial charge in [-0.05, 0) is 25.0 Å². The van der Waals surface area contributed by atoms with Crippen molar-refractivity contribution in [2.24, 2.45) is 4.99 Å². The van der Waals surface area contributed by atoms with Crippen molar-refractivity contribution in [3.63, 3.8) is 0 Å². The molecule has 0 unspecified atom stereocenters. The Balaban J connectivity index is 0.00000324. The molecule has 5 nitrogen and oxygen atoms in total. The Morgan fingerprint density at radius 1 is 1.26 bits per heavy atom. The van der Waals surface area contributed by atoms with Gasteiger partial charge in [0.1, 0.15) is 5.76 Å². The maximum Gasteiger partial charge on any atom is 0.191 e. The fraction of sp³-hybridized carbons (Fsp3) is 0.615. The smallest absolute Gasteiger partial charge is 0.191 e. The fourth-order valence-electron chi connectivity index (χ4n) is 1.60. The summed E-state index contributed by atoms with van der Waals surface area (Å²) in [6.07, 6.45) is 5.85. The van der Waals surface area contributed by atoms with Crippen molar-refractivity contribution in [2.75, 3.05) is 20.2 Å². The molecule has 0 spiro atoms. The van der Waals surface area contributed by atoms with Gasteiger partial charge >= 0.3 is 0 Å². The van der Waals surface area contributed by atoms with Gasteiger partial charge in [-0.2, -0.15) is 0 Å². The van der Waals surface area contributed by atoms with Crippen LogP contribution in [0.3, 0.4) is 0 Å². The zero-order chi connectivity index (χ0) is 13.1. The van der Waals surface area contributed by atoms with E-state index in [1.54, 1.807) is 13.3 Å². The van der Waals surface area contributed by atoms with Crippen LogP contribution in [-0.4, -0.2) is 31.3 Å². The van der Waals surface area contributed by atoms with E-state index < -0.39 is 0 Å². The first-order valence-electron chi connectivity index (χ1n) is 6.44. The Labute approximate surface area is 131 Å². The molecule has 1 aromatic heterocycles. The lowest BCUT2D eigenvalue weighted by Crippen LogP contribution is -2.37. The normalized spacial score (nSPS) is 10.9. The first-order valence-corrected chi connectivity index (χ1v) is 6.44. The minimum atomic E-state index is 0. The molecule has 0 atom stereocenters. The number of nitrogens with zero attached hydrogens (tertiary/aromatic N) is 1. The zero-order valence-corrected chi connectivity index (χ0v) is 13.7. The van der Waals surface area contributed by atoms with E-state index in [1.165, 1.54) is 0 Å². The summed E-state index contributed by atoms with van der Waals surface area (Å²) >= 11 is 0. The lowest BCUT2D eigenvalue weighted by Gasteiger charge is -2.10. The summed E-state index contributed by atoms with van der Waals surface area (Å²) in [5.41, 5.74) is 0. The van der Waals surface area contributed by atoms with Crippen molar-refractivity contribution >= 4 is 29.9 Å². The number of guanidine groups is 1. The molecule has 1 heterocycles. The van der Waals surface area contributed by atoms with E-state index in [0.29, 0.717) is 13.2 Å². The average Bonchev–Trinajstić information content (AvgIpc) is 2.90. The Morgan fingerprint density at radius 2 is 2.05 bits per heavy atom. The monoisotopic (exact) mass is 381 g/mol. The Morgan fingerprint density at radius 3 is 2.68 bits per heavy atom. The highest BCUT2D eigenvalue weighted by molar-refractivity contribution is 14.0. The summed E-state index contributed by atoms with van der Waals surface area (Å²) in [6.45, 7) is 1.82. The summed E-state index contributed by atoms with van der Waals surface area (Å²) in [5.74, 6) is 1.68. The Hall–Kier alpha value is -0.760. The standard InChI is InChI=1S/C13H23N3O2.HI/c1-14-13(15-8-4-2-3-5-9-17)16-11-12-7-6-10-18-12;/h6-7,10,17H,2-5,8-9,11H2,1H3,(H2,14,15,16);1H. The molecule has 0 saturated carbocycles. The van der Waals surface area contributed by atoms with Crippen molar-refractivity contribution in [2.45, 2.75) is 32.2 Å². The van der Waals surface area contributed by atoms with Crippen molar-refractivity contribution in [1.29, 1.82) is 0 Å². The third-order valence-electron chi connectivity index (χ3n) is 2.61. The number of halogens is 1. The lowest BCUT2D eigenvalue weighted by atomic mass is 10.2. The van der Waals surface area contributed by atoms with Crippen LogP contribution in [-0.2, 0) is 6.54 Å². The molecule has 0 aliphatic carbocycles. The van der Waals surface area contributed by atoms with Crippen LogP contribution in [0.25, 0.3) is 0 Å². The summed E-state index contributed by atoms with van der Waals surface area (Å²) in [6, 6.07) is 3.80. The number of hydrogen-bond donors (Lipinski definition) is 3. The number of aliphatic hydroxyl groups excluding tert-OH is 1. The molecular formula is C13H24IN3O2. The van der Waals surface area contributed by atoms with Crippen LogP contribution in [0.2, 0.25) is 0 Å². The second-order valence-electron chi connectivity index (χ2n) is 4.07. The number of furan rings is 1. The van der Waals surface area contributed by atoms with Crippen molar-refractivity contribution < 1.29 is 9.52 Å². The molecule has 0 radical (unpaired) electrons. The van der Waals surface area contributed by atoms with Gasteiger partial charge in [-0.25, -0.2) is 0 Å². The summed E-state index contributed by atoms with van der Waals surface area (Å²) < 4.78 is 5.23. The maximum absolute atomic E-state index is 8.66. The van der Waals surface area contributed by atoms with E-state index >= 15 is 0 Å². The second kappa shape index (κ2) is 12.3. The summed E-state index contributed by atoms with van der Waals surface area (Å²) in [7, 11) is 1.75. The predicted molar refractivity (Wildman–Crippen MR) is 87.9 cm³/mol. The number of aliphatic hydroxyl groups is 1. The van der Waals surface area contributed by atoms with Crippen LogP contribution < -0.4 is 10.6 Å². The highest BCUT2D eigenvalue weighted by Gasteiger charge is 1.99. The van der Waals surface area contributed by atoms with E-state index in [2.05, 4.69) is 15.6 Å². The fourth-order valence-corrected chi connectivity index (χ4v) is 1.60. The number of nitrogens with one attached hydrogen (secondary N) is 2. The molecule has 6 heteroatoms. The van der Waals surface area contributed by atoms with Crippen LogP contribution in [0.4, 0.5) is 0 Å². The molecular weight excluding hydrogens is 357 g/mol. The van der Waals surface area contributed by atoms with Gasteiger partial charge in [-0.1, -0.05) is 12.8 Å². The Kier molecular flexibility index (Phi) is 11.8. The molecule has 3 N–H and O–H groups in total. The molecule has 110 valence electrons. The van der Waals surface area contributed by atoms with Crippen LogP contribution in [0.1, 0.15) is 31.4 Å². The molecule has 1 rings (SSSR count). The van der Waals surface area contributed by atoms with Crippen LogP contribution in [0.15, 0.2) is 27.8 Å². The highest BCUT2D eigenvalue weighted by atomic mass is 127. The number of hydrogen-bond acceptors (Lipinski definition) is 3. The van der Waals surface area contributed by atoms with Gasteiger partial charge in [0.15, 0.2) is 5.96 Å². The Bertz CT molecular complexity index is 329. The molecule has 0 amide bonds. The molecule has 0 bridgehead atoms. The van der Waals surface area contributed by atoms with E-state index in [9.17, 15) is 0 Å². The van der Waals surface area contributed by atoms with Crippen LogP contribution >= 0.6 is 24.0 Å². The molecule has 0 fully saturated rings. The van der Waals surface area contributed by atoms with Crippen LogP contribution in [0, 0.1) is 0 Å². The van der Waals surface area contributed by atoms with E-state index in [1.807, 2.05) is 12.1 Å². The SMILES string of the molecule is CN=C(NCCCCCCO)NCc1ccco1.I. The van der Waals surface area contributed by atoms with Gasteiger partial charge in [0.25, 0.3) is 0 Å². The number of unbranched alkanes of at least 4 members (excludes halogenated alkanes) is 3. The highest BCUT2D eigenvalue weighted by Crippen LogP contribution is 1.99. The molecule has 19 heavy (non-hydrogen) atoms. The maximum atomic E-state index is 8.66. The molecule has 0 aromatic carbocycles. The van der Waals surface area contributed by atoms with E-state index in [0.717, 1.165) is 43.9 Å². The predicted octanol–water partition coefficient (Wildman–Crippen LogP) is 2.12. The van der Waals surface area contributed by atoms with E-state index in [4.69, 9.17) is 9.52 Å². The topological polar surface area (TPSA) is 69.8 Å². The van der Waals surface area contributed by atoms with Gasteiger partial charge < -0.3 is 20.2 Å². The van der Waals surface area contributed by atoms with Crippen molar-refractivity contribution in [1.82, 2.24) is 10.6 Å². The van der Waals surface area contributed by atoms with Gasteiger partial charge in [0, 0.05) is 20.2 Å². The number of rotatable bonds is 8. The third kappa shape index (κ3) is 8.88. The quantitative estimate of drug-likeness (QED) is 0.279. The molecule has 0 aliphatic rings. The van der Waals surface area contributed by atoms with Gasteiger partial charge in [-0.3, -0.25) is 4.99 Å². The first-order chi connectivity index (χ1) is 8.86. The lowest BCUT2D eigenvalue weighted by molar-refractivity contribution is 0.282. The number of aliphatic imine (C=N–C) groups is 1. The van der Waals surface area contributed by atoms with Gasteiger partial charge in [0.2, 0.25) is 0 Å². The largest absolute Gasteiger partial charge is 0.467 e. The van der Waals surface area contributed by atoms with Crippen molar-refractivity contribution in [3.8, 4) is 0 Å². The summed E-state index contributed by atoms with van der Waals surface area (Å²) in [5, 5.41) is 15.1. The molecule has 0 aliphatic heterocycles. The zero-order valence-electron chi connectivity index (χ0n) is 11.4. The van der Waals surface area contributed by atoms with Crippen molar-refractivity contribution in [3.05, 3.63) is 24.2 Å². The average molecular weight is 381 g/mol. The van der Waals surface area contributed by atoms with Gasteiger partial charge in [0.05, 0.1) is 12.8 Å². The van der Waals surface area contributed by atoms with Gasteiger partial charge in [-0.15, -0.1) is 24.0 Å². The first kappa shape index (κ1) is 18.2. The minimum absolute atomic E-state index is 0. The van der Waals surface area contributed by atoms with E-state index in [-0.39, 0.29) is 24.0 Å². The second-order valence-corrected chi connectivity index (χ2v) is 4.07. The molecule has 1 aromatic rings. The van der Waals surface area contributed by atoms with Crippen LogP contribution in [0.5, 0.6) is 0 Å². The minimum Gasteiger partial charge on any atom is -0.467 e. The molecule has 0 saturated heterocycles. The summed E-state index contributed by atoms with van der Waals surface area (Å²) in [4.78, 5) is 4.13.